The molecule has 4 heterocycles. The van der Waals surface area contributed by atoms with Crippen LogP contribution in [-0.4, -0.2) is 53.9 Å². The molecule has 1 fully saturated rings. The molecular formula is C19H19N9O. The Kier molecular flexibility index (Phi) is 4.35. The summed E-state index contributed by atoms with van der Waals surface area (Å²) in [5.74, 6) is 1.32. The predicted molar refractivity (Wildman–Crippen MR) is 107 cm³/mol. The fourth-order valence-electron chi connectivity index (χ4n) is 3.62. The highest BCUT2D eigenvalue weighted by molar-refractivity contribution is 5.95. The number of aromatic amines is 1. The number of H-pyrrole nitrogens is 1. The lowest BCUT2D eigenvalue weighted by atomic mass is 9.97. The van der Waals surface area contributed by atoms with E-state index in [1.165, 1.54) is 12.7 Å². The summed E-state index contributed by atoms with van der Waals surface area (Å²) in [5, 5.41) is 15.1. The van der Waals surface area contributed by atoms with Crippen molar-refractivity contribution in [1.29, 1.82) is 0 Å². The van der Waals surface area contributed by atoms with E-state index in [9.17, 15) is 4.79 Å². The van der Waals surface area contributed by atoms with Gasteiger partial charge in [0.15, 0.2) is 5.82 Å². The summed E-state index contributed by atoms with van der Waals surface area (Å²) in [6.45, 7) is 1.45. The van der Waals surface area contributed by atoms with E-state index < -0.39 is 0 Å². The van der Waals surface area contributed by atoms with Crippen LogP contribution in [0.15, 0.2) is 49.4 Å². The standard InChI is InChI=1S/C19H19N9O/c29-19(25-15-4-3-13-8-23-26-16(13)6-15)14-2-1-5-27(9-14)17-7-18(22-11-21-17)28-12-20-10-24-28/h3-4,6-8,10-12,14H,1-2,5,9H2,(H,23,26)(H,25,29). The molecule has 0 bridgehead atoms. The summed E-state index contributed by atoms with van der Waals surface area (Å²) < 4.78 is 1.59. The van der Waals surface area contributed by atoms with Crippen LogP contribution in [0.5, 0.6) is 0 Å². The smallest absolute Gasteiger partial charge is 0.229 e. The number of nitrogens with zero attached hydrogens (tertiary/aromatic N) is 7. The highest BCUT2D eigenvalue weighted by Gasteiger charge is 2.27. The fraction of sp³-hybridized carbons (Fsp3) is 0.263. The number of piperidine rings is 1. The number of hydrogen-bond acceptors (Lipinski definition) is 7. The Balaban J connectivity index is 1.30. The van der Waals surface area contributed by atoms with E-state index in [0.29, 0.717) is 12.4 Å². The predicted octanol–water partition coefficient (Wildman–Crippen LogP) is 1.79. The molecule has 146 valence electrons. The minimum atomic E-state index is -0.119. The number of nitrogens with one attached hydrogen (secondary N) is 2. The SMILES string of the molecule is O=C(Nc1ccc2cn[nH]c2c1)C1CCCN(c2cc(-n3cncn3)ncn2)C1. The lowest BCUT2D eigenvalue weighted by Gasteiger charge is -2.32. The Morgan fingerprint density at radius 1 is 1.17 bits per heavy atom. The number of benzene rings is 1. The lowest BCUT2D eigenvalue weighted by molar-refractivity contribution is -0.120. The number of amides is 1. The molecule has 2 N–H and O–H groups in total. The number of fused-ring (bicyclic) bond motifs is 1. The van der Waals surface area contributed by atoms with Gasteiger partial charge < -0.3 is 10.2 Å². The maximum Gasteiger partial charge on any atom is 0.229 e. The first-order valence-corrected chi connectivity index (χ1v) is 9.42. The molecule has 1 aliphatic heterocycles. The second-order valence-electron chi connectivity index (χ2n) is 7.02. The normalized spacial score (nSPS) is 16.8. The van der Waals surface area contributed by atoms with Gasteiger partial charge >= 0.3 is 0 Å². The zero-order valence-corrected chi connectivity index (χ0v) is 15.6. The quantitative estimate of drug-likeness (QED) is 0.546. The number of carbonyl (C=O) groups is 1. The topological polar surface area (TPSA) is 118 Å². The van der Waals surface area contributed by atoms with Gasteiger partial charge in [0, 0.05) is 30.2 Å². The molecule has 0 saturated carbocycles. The van der Waals surface area contributed by atoms with Crippen molar-refractivity contribution in [2.75, 3.05) is 23.3 Å². The van der Waals surface area contributed by atoms with Crippen molar-refractivity contribution in [2.24, 2.45) is 5.92 Å². The van der Waals surface area contributed by atoms with Crippen molar-refractivity contribution in [1.82, 2.24) is 34.9 Å². The summed E-state index contributed by atoms with van der Waals surface area (Å²) >= 11 is 0. The lowest BCUT2D eigenvalue weighted by Crippen LogP contribution is -2.41. The van der Waals surface area contributed by atoms with Gasteiger partial charge in [-0.3, -0.25) is 9.89 Å². The van der Waals surface area contributed by atoms with E-state index in [4.69, 9.17) is 0 Å². The van der Waals surface area contributed by atoms with Crippen molar-refractivity contribution < 1.29 is 4.79 Å². The maximum absolute atomic E-state index is 12.9. The Morgan fingerprint density at radius 3 is 3.00 bits per heavy atom. The van der Waals surface area contributed by atoms with Gasteiger partial charge in [-0.1, -0.05) is 0 Å². The Hall–Kier alpha value is -3.82. The minimum Gasteiger partial charge on any atom is -0.356 e. The third-order valence-electron chi connectivity index (χ3n) is 5.12. The number of rotatable bonds is 4. The van der Waals surface area contributed by atoms with Crippen LogP contribution in [0.3, 0.4) is 0 Å². The summed E-state index contributed by atoms with van der Waals surface area (Å²) in [7, 11) is 0. The Bertz CT molecular complexity index is 1140. The number of hydrogen-bond donors (Lipinski definition) is 2. The first-order chi connectivity index (χ1) is 14.3. The first kappa shape index (κ1) is 17.3. The zero-order valence-electron chi connectivity index (χ0n) is 15.6. The van der Waals surface area contributed by atoms with Gasteiger partial charge in [-0.2, -0.15) is 10.2 Å². The third kappa shape index (κ3) is 3.51. The van der Waals surface area contributed by atoms with E-state index in [0.717, 1.165) is 41.8 Å². The molecule has 1 atom stereocenters. The van der Waals surface area contributed by atoms with Crippen LogP contribution in [0.2, 0.25) is 0 Å². The molecule has 10 nitrogen and oxygen atoms in total. The molecule has 0 spiro atoms. The molecule has 1 aromatic carbocycles. The van der Waals surface area contributed by atoms with Crippen molar-refractivity contribution in [3.8, 4) is 5.82 Å². The van der Waals surface area contributed by atoms with Gasteiger partial charge in [-0.15, -0.1) is 0 Å². The molecule has 0 radical (unpaired) electrons. The van der Waals surface area contributed by atoms with Gasteiger partial charge in [0.2, 0.25) is 5.91 Å². The number of aromatic nitrogens is 7. The highest BCUT2D eigenvalue weighted by atomic mass is 16.1. The second kappa shape index (κ2) is 7.30. The van der Waals surface area contributed by atoms with Crippen LogP contribution in [0.4, 0.5) is 11.5 Å². The number of anilines is 2. The monoisotopic (exact) mass is 389 g/mol. The number of carbonyl (C=O) groups excluding carboxylic acids is 1. The molecule has 1 aliphatic rings. The molecular weight excluding hydrogens is 370 g/mol. The third-order valence-corrected chi connectivity index (χ3v) is 5.12. The van der Waals surface area contributed by atoms with Gasteiger partial charge in [0.05, 0.1) is 17.6 Å². The van der Waals surface area contributed by atoms with Gasteiger partial charge in [0.25, 0.3) is 0 Å². The van der Waals surface area contributed by atoms with E-state index in [1.807, 2.05) is 24.3 Å². The molecule has 1 unspecified atom stereocenters. The van der Waals surface area contributed by atoms with Crippen LogP contribution >= 0.6 is 0 Å². The van der Waals surface area contributed by atoms with Crippen molar-refractivity contribution in [3.63, 3.8) is 0 Å². The molecule has 10 heteroatoms. The Labute approximate surface area is 166 Å². The van der Waals surface area contributed by atoms with Gasteiger partial charge in [0.1, 0.15) is 24.8 Å². The largest absolute Gasteiger partial charge is 0.356 e. The molecule has 3 aromatic heterocycles. The highest BCUT2D eigenvalue weighted by Crippen LogP contribution is 2.24. The van der Waals surface area contributed by atoms with Crippen LogP contribution in [0.1, 0.15) is 12.8 Å². The zero-order chi connectivity index (χ0) is 19.6. The summed E-state index contributed by atoms with van der Waals surface area (Å²) in [6, 6.07) is 7.59. The Morgan fingerprint density at radius 2 is 2.10 bits per heavy atom. The maximum atomic E-state index is 12.9. The van der Waals surface area contributed by atoms with E-state index >= 15 is 0 Å². The van der Waals surface area contributed by atoms with Crippen molar-refractivity contribution in [3.05, 3.63) is 49.4 Å². The van der Waals surface area contributed by atoms with E-state index in [1.54, 1.807) is 17.2 Å². The molecule has 4 aromatic rings. The van der Waals surface area contributed by atoms with Gasteiger partial charge in [-0.25, -0.2) is 19.6 Å². The molecule has 5 rings (SSSR count). The second-order valence-corrected chi connectivity index (χ2v) is 7.02. The van der Waals surface area contributed by atoms with E-state index in [-0.39, 0.29) is 11.8 Å². The molecule has 1 saturated heterocycles. The molecule has 0 aliphatic carbocycles. The molecule has 29 heavy (non-hydrogen) atoms. The van der Waals surface area contributed by atoms with E-state index in [2.05, 4.69) is 40.5 Å². The van der Waals surface area contributed by atoms with Gasteiger partial charge in [-0.05, 0) is 31.0 Å². The van der Waals surface area contributed by atoms with Crippen molar-refractivity contribution in [2.45, 2.75) is 12.8 Å². The minimum absolute atomic E-state index is 0.0131. The summed E-state index contributed by atoms with van der Waals surface area (Å²) in [6.07, 6.45) is 8.08. The van der Waals surface area contributed by atoms with Crippen LogP contribution in [-0.2, 0) is 4.79 Å². The average Bonchev–Trinajstić information content (AvgIpc) is 3.46. The molecule has 1 amide bonds. The van der Waals surface area contributed by atoms with Crippen molar-refractivity contribution >= 4 is 28.3 Å². The van der Waals surface area contributed by atoms with Crippen LogP contribution in [0.25, 0.3) is 16.7 Å². The van der Waals surface area contributed by atoms with Crippen LogP contribution in [0, 0.1) is 5.92 Å². The summed E-state index contributed by atoms with van der Waals surface area (Å²) in [5.41, 5.74) is 1.66. The van der Waals surface area contributed by atoms with Crippen LogP contribution < -0.4 is 10.2 Å². The fourth-order valence-corrected chi connectivity index (χ4v) is 3.62. The first-order valence-electron chi connectivity index (χ1n) is 9.42. The average molecular weight is 389 g/mol. The summed E-state index contributed by atoms with van der Waals surface area (Å²) in [4.78, 5) is 27.6.